The van der Waals surface area contributed by atoms with Gasteiger partial charge in [0.25, 0.3) is 0 Å². The van der Waals surface area contributed by atoms with E-state index >= 15 is 0 Å². The molecule has 12 nitrogen and oxygen atoms in total. The van der Waals surface area contributed by atoms with Gasteiger partial charge in [0, 0.05) is 13.1 Å². The Hall–Kier alpha value is 2.68. The fraction of sp³-hybridized carbons (Fsp3) is 0.750. The van der Waals surface area contributed by atoms with E-state index in [1.54, 1.807) is 0 Å². The first-order valence-corrected chi connectivity index (χ1v) is 8.73. The summed E-state index contributed by atoms with van der Waals surface area (Å²) in [6.07, 6.45) is 0. The zero-order valence-electron chi connectivity index (χ0n) is 14.9. The van der Waals surface area contributed by atoms with Crippen LogP contribution >= 0.6 is 0 Å². The summed E-state index contributed by atoms with van der Waals surface area (Å²) in [5.41, 5.74) is 0. The van der Waals surface area contributed by atoms with Crippen LogP contribution in [0.3, 0.4) is 0 Å². The van der Waals surface area contributed by atoms with Crippen LogP contribution in [0, 0.1) is 0 Å². The van der Waals surface area contributed by atoms with E-state index in [0.717, 1.165) is 0 Å². The van der Waals surface area contributed by atoms with Crippen molar-refractivity contribution in [3.05, 3.63) is 0 Å². The predicted molar refractivity (Wildman–Crippen MR) is 62.7 cm³/mol. The molecule has 26 heavy (non-hydrogen) atoms. The van der Waals surface area contributed by atoms with E-state index in [0.29, 0.717) is 0 Å². The van der Waals surface area contributed by atoms with Crippen molar-refractivity contribution in [2.75, 3.05) is 24.6 Å². The van der Waals surface area contributed by atoms with Crippen LogP contribution in [0.1, 0.15) is 0 Å². The van der Waals surface area contributed by atoms with E-state index in [1.807, 2.05) is 0 Å². The number of rotatable bonds is 11. The average Bonchev–Trinajstić information content (AvgIpc) is 2.27. The van der Waals surface area contributed by atoms with Crippen molar-refractivity contribution >= 4 is 32.2 Å². The van der Waals surface area contributed by atoms with E-state index < -0.39 is 55.8 Å². The molecule has 0 bridgehead atoms. The quantitative estimate of drug-likeness (QED) is 0.170. The first-order chi connectivity index (χ1) is 9.82. The number of nitrogens with one attached hydrogen (secondary N) is 2. The molecule has 0 aliphatic carbocycles. The summed E-state index contributed by atoms with van der Waals surface area (Å²) >= 11 is 0. The molecule has 130 valence electrons. The number of carboxylic acids is 2. The van der Waals surface area contributed by atoms with Crippen LogP contribution < -0.4 is 139 Å². The molecule has 0 aromatic rings. The number of carbonyl (C=O) groups is 2. The molecule has 0 aliphatic heterocycles. The van der Waals surface area contributed by atoms with E-state index in [1.165, 1.54) is 0 Å². The monoisotopic (exact) mass is 452 g/mol. The summed E-state index contributed by atoms with van der Waals surface area (Å²) in [5.74, 6) is -6.29. The van der Waals surface area contributed by atoms with Crippen molar-refractivity contribution in [3.8, 4) is 0 Å². The van der Waals surface area contributed by atoms with Crippen LogP contribution in [-0.4, -0.2) is 74.6 Å². The molecule has 0 spiro atoms. The molecule has 2 N–H and O–H groups in total. The summed E-state index contributed by atoms with van der Waals surface area (Å²) in [6.45, 7) is -0.701. The van der Waals surface area contributed by atoms with E-state index in [4.69, 9.17) is 0 Å². The second kappa shape index (κ2) is 18.4. The number of hydrogen-bond acceptors (Lipinski definition) is 12. The van der Waals surface area contributed by atoms with Crippen LogP contribution in [0.15, 0.2) is 0 Å². The molecular formula is C8H12N2Na4O10S2. The van der Waals surface area contributed by atoms with Gasteiger partial charge in [-0.05, 0) is 0 Å². The maximum absolute atomic E-state index is 10.6. The standard InChI is InChI=1S/C8H16N2O10S2.4Na/c11-7(12)5(3-21(15,16)17)9-1-2-10-6(8(13)14)4-22(18,19)20;;;;/h5-6,9-10H,1-4H2,(H,11,12)(H,13,14)(H,15,16,17)(H,18,19,20);;;;/q;4*+1/p-4/t5-,6-;;;;/m0..../s1. The molecule has 0 aromatic carbocycles. The van der Waals surface area contributed by atoms with Crippen LogP contribution in [0.5, 0.6) is 0 Å². The van der Waals surface area contributed by atoms with Crippen molar-refractivity contribution in [1.29, 1.82) is 0 Å². The van der Waals surface area contributed by atoms with Gasteiger partial charge in [0.15, 0.2) is 0 Å². The maximum atomic E-state index is 10.6. The normalized spacial score (nSPS) is 12.8. The van der Waals surface area contributed by atoms with Crippen LogP contribution in [0.2, 0.25) is 0 Å². The van der Waals surface area contributed by atoms with Crippen LogP contribution in [0.4, 0.5) is 0 Å². The molecule has 0 aromatic heterocycles. The molecule has 0 saturated heterocycles. The zero-order chi connectivity index (χ0) is 17.6. The van der Waals surface area contributed by atoms with Crippen molar-refractivity contribution in [3.63, 3.8) is 0 Å². The van der Waals surface area contributed by atoms with Crippen LogP contribution in [0.25, 0.3) is 0 Å². The van der Waals surface area contributed by atoms with Gasteiger partial charge >= 0.3 is 118 Å². The van der Waals surface area contributed by atoms with Gasteiger partial charge in [-0.25, -0.2) is 16.8 Å². The second-order valence-corrected chi connectivity index (χ2v) is 7.00. The SMILES string of the molecule is O=C([O-])[C@H](CS(=O)(=O)[O-])NCCN[C@@H](CS(=O)(=O)[O-])C(=O)[O-].[Na+].[Na+].[Na+].[Na+]. The molecule has 0 saturated carbocycles. The third kappa shape index (κ3) is 23.0. The first-order valence-electron chi connectivity index (χ1n) is 5.57. The zero-order valence-corrected chi connectivity index (χ0v) is 24.5. The summed E-state index contributed by atoms with van der Waals surface area (Å²) in [5, 5.41) is 25.3. The van der Waals surface area contributed by atoms with E-state index in [9.17, 15) is 45.7 Å². The van der Waals surface area contributed by atoms with Crippen molar-refractivity contribution in [1.82, 2.24) is 10.6 Å². The molecule has 0 aliphatic rings. The number of hydrogen-bond donors (Lipinski definition) is 2. The predicted octanol–water partition coefficient (Wildman–Crippen LogP) is -18.5. The first kappa shape index (κ1) is 39.2. The number of carboxylic acid groups (broad SMARTS) is 2. The molecule has 0 unspecified atom stereocenters. The molecule has 0 fully saturated rings. The number of carbonyl (C=O) groups excluding carboxylic acids is 2. The van der Waals surface area contributed by atoms with Gasteiger partial charge in [-0.1, -0.05) is 0 Å². The molecule has 0 radical (unpaired) electrons. The molecule has 2 atom stereocenters. The van der Waals surface area contributed by atoms with E-state index in [-0.39, 0.29) is 131 Å². The Bertz CT molecular complexity index is 561. The Labute approximate surface area is 239 Å². The molecular weight excluding hydrogens is 440 g/mol. The smallest absolute Gasteiger partial charge is 0.748 e. The Kier molecular flexibility index (Phi) is 27.8. The largest absolute Gasteiger partial charge is 1.00 e. The van der Waals surface area contributed by atoms with Gasteiger partial charge in [-0.2, -0.15) is 0 Å². The van der Waals surface area contributed by atoms with Crippen LogP contribution in [-0.2, 0) is 29.8 Å². The second-order valence-electron chi connectivity index (χ2n) is 4.10. The van der Waals surface area contributed by atoms with Gasteiger partial charge in [-0.3, -0.25) is 0 Å². The van der Waals surface area contributed by atoms with Crippen molar-refractivity contribution < 1.29 is 164 Å². The molecule has 0 rings (SSSR count). The maximum Gasteiger partial charge on any atom is 1.00 e. The van der Waals surface area contributed by atoms with Gasteiger partial charge in [-0.15, -0.1) is 0 Å². The summed E-state index contributed by atoms with van der Waals surface area (Å²) in [7, 11) is -9.68. The minimum atomic E-state index is -4.84. The third-order valence-corrected chi connectivity index (χ3v) is 3.70. The summed E-state index contributed by atoms with van der Waals surface area (Å²) in [6, 6.07) is -3.65. The molecule has 18 heteroatoms. The minimum Gasteiger partial charge on any atom is -0.748 e. The Balaban J connectivity index is -0.000000367. The van der Waals surface area contributed by atoms with Gasteiger partial charge in [0.2, 0.25) is 0 Å². The van der Waals surface area contributed by atoms with Gasteiger partial charge in [0.1, 0.15) is 0 Å². The third-order valence-electron chi connectivity index (χ3n) is 2.22. The fourth-order valence-electron chi connectivity index (χ4n) is 1.32. The van der Waals surface area contributed by atoms with Crippen molar-refractivity contribution in [2.24, 2.45) is 0 Å². The number of aliphatic carboxylic acids is 2. The summed E-state index contributed by atoms with van der Waals surface area (Å²) in [4.78, 5) is 21.2. The van der Waals surface area contributed by atoms with Crippen molar-refractivity contribution in [2.45, 2.75) is 12.1 Å². The van der Waals surface area contributed by atoms with Gasteiger partial charge in [0.05, 0.1) is 55.8 Å². The Morgan fingerprint density at radius 2 is 0.923 bits per heavy atom. The molecule has 0 heterocycles. The minimum absolute atomic E-state index is 0. The summed E-state index contributed by atoms with van der Waals surface area (Å²) < 4.78 is 62.7. The van der Waals surface area contributed by atoms with E-state index in [2.05, 4.69) is 10.6 Å². The topological polar surface area (TPSA) is 219 Å². The molecule has 0 amide bonds. The van der Waals surface area contributed by atoms with Gasteiger partial charge < -0.3 is 39.5 Å². The Morgan fingerprint density at radius 3 is 1.08 bits per heavy atom. The Morgan fingerprint density at radius 1 is 0.692 bits per heavy atom. The fourth-order valence-corrected chi connectivity index (χ4v) is 2.65. The average molecular weight is 452 g/mol.